The highest BCUT2D eigenvalue weighted by Crippen LogP contribution is 2.42. The van der Waals surface area contributed by atoms with Gasteiger partial charge in [-0.3, -0.25) is 9.59 Å². The molecule has 37 heavy (non-hydrogen) atoms. The molecule has 0 radical (unpaired) electrons. The summed E-state index contributed by atoms with van der Waals surface area (Å²) in [6.07, 6.45) is 6.41. The summed E-state index contributed by atoms with van der Waals surface area (Å²) in [5.41, 5.74) is 8.01. The van der Waals surface area contributed by atoms with Crippen LogP contribution in [0.5, 0.6) is 5.75 Å². The number of ether oxygens (including phenoxy) is 1. The van der Waals surface area contributed by atoms with Gasteiger partial charge in [0.15, 0.2) is 10.9 Å². The number of thiazole rings is 1. The van der Waals surface area contributed by atoms with Gasteiger partial charge in [-0.1, -0.05) is 30.4 Å². The summed E-state index contributed by atoms with van der Waals surface area (Å²) < 4.78 is 5.96. The second-order valence-electron chi connectivity index (χ2n) is 10.7. The van der Waals surface area contributed by atoms with Crippen molar-refractivity contribution in [1.82, 2.24) is 20.7 Å². The molecule has 3 aliphatic heterocycles. The number of carbonyl (C=O) groups is 2. The summed E-state index contributed by atoms with van der Waals surface area (Å²) >= 11 is 1.46. The Labute approximate surface area is 222 Å². The number of unbranched alkanes of at least 4 members (excludes halogenated alkanes) is 2. The fourth-order valence-electron chi connectivity index (χ4n) is 4.94. The van der Waals surface area contributed by atoms with Crippen molar-refractivity contribution in [2.45, 2.75) is 58.4 Å². The molecule has 2 N–H and O–H groups in total. The third-order valence-electron chi connectivity index (χ3n) is 6.94. The van der Waals surface area contributed by atoms with Gasteiger partial charge in [-0.05, 0) is 62.5 Å². The Morgan fingerprint density at radius 1 is 1.27 bits per heavy atom. The first-order chi connectivity index (χ1) is 17.7. The Balaban J connectivity index is 1.27. The van der Waals surface area contributed by atoms with Crippen LogP contribution < -0.4 is 20.4 Å². The van der Waals surface area contributed by atoms with Crippen LogP contribution >= 0.6 is 11.3 Å². The zero-order valence-corrected chi connectivity index (χ0v) is 22.7. The van der Waals surface area contributed by atoms with E-state index in [0.717, 1.165) is 66.6 Å². The van der Waals surface area contributed by atoms with Crippen molar-refractivity contribution in [3.63, 3.8) is 0 Å². The van der Waals surface area contributed by atoms with Gasteiger partial charge in [0.1, 0.15) is 17.2 Å². The van der Waals surface area contributed by atoms with Gasteiger partial charge >= 0.3 is 0 Å². The number of nitrogens with zero attached hydrogens (tertiary/aromatic N) is 3. The van der Waals surface area contributed by atoms with Gasteiger partial charge < -0.3 is 20.0 Å². The summed E-state index contributed by atoms with van der Waals surface area (Å²) in [5, 5.41) is 6.05. The molecule has 0 atom stereocenters. The summed E-state index contributed by atoms with van der Waals surface area (Å²) in [7, 11) is 0. The molecule has 0 bridgehead atoms. The number of aromatic nitrogens is 1. The van der Waals surface area contributed by atoms with Crippen LogP contribution in [0.3, 0.4) is 0 Å². The number of benzene rings is 1. The smallest absolute Gasteiger partial charge is 0.263 e. The quantitative estimate of drug-likeness (QED) is 0.368. The minimum absolute atomic E-state index is 0.0399. The Morgan fingerprint density at radius 2 is 2.11 bits per heavy atom. The van der Waals surface area contributed by atoms with Crippen LogP contribution in [0.4, 0.5) is 10.8 Å². The molecule has 5 rings (SSSR count). The predicted octanol–water partition coefficient (Wildman–Crippen LogP) is 4.60. The fraction of sp³-hybridized carbons (Fsp3) is 0.464. The number of ketones is 1. The monoisotopic (exact) mass is 521 g/mol. The predicted molar refractivity (Wildman–Crippen MR) is 147 cm³/mol. The van der Waals surface area contributed by atoms with Crippen molar-refractivity contribution in [2.24, 2.45) is 0 Å². The SMILES string of the molecule is C=C(C)C(=O)CCCCCN1C=C(c2ccc3c(c2)N(c2nc4c(s2)C(=O)NC(C)(C)C4)CCO3)CN1. The Morgan fingerprint density at radius 3 is 2.92 bits per heavy atom. The van der Waals surface area contributed by atoms with Gasteiger partial charge in [-0.15, -0.1) is 0 Å². The van der Waals surface area contributed by atoms with E-state index in [-0.39, 0.29) is 17.2 Å². The number of carbonyl (C=O) groups excluding carboxylic acids is 2. The number of hydrazine groups is 1. The Hall–Kier alpha value is -3.17. The summed E-state index contributed by atoms with van der Waals surface area (Å²) in [5.74, 6) is 0.958. The minimum atomic E-state index is -0.290. The van der Waals surface area contributed by atoms with Gasteiger partial charge in [0.25, 0.3) is 5.91 Å². The molecule has 8 nitrogen and oxygen atoms in total. The summed E-state index contributed by atoms with van der Waals surface area (Å²) in [4.78, 5) is 32.1. The van der Waals surface area contributed by atoms with Crippen molar-refractivity contribution < 1.29 is 14.3 Å². The number of anilines is 2. The van der Waals surface area contributed by atoms with Crippen LogP contribution in [0, 0.1) is 0 Å². The molecule has 0 spiro atoms. The lowest BCUT2D eigenvalue weighted by Gasteiger charge is -2.30. The van der Waals surface area contributed by atoms with Crippen molar-refractivity contribution in [3.05, 3.63) is 52.7 Å². The number of nitrogens with one attached hydrogen (secondary N) is 2. The maximum absolute atomic E-state index is 12.6. The molecule has 9 heteroatoms. The lowest BCUT2D eigenvalue weighted by atomic mass is 9.94. The number of hydrogen-bond donors (Lipinski definition) is 2. The van der Waals surface area contributed by atoms with Crippen LogP contribution in [-0.2, 0) is 11.2 Å². The molecular weight excluding hydrogens is 486 g/mol. The highest BCUT2D eigenvalue weighted by Gasteiger charge is 2.35. The van der Waals surface area contributed by atoms with Gasteiger partial charge in [-0.2, -0.15) is 0 Å². The molecule has 1 aromatic carbocycles. The molecule has 1 amide bonds. The second-order valence-corrected chi connectivity index (χ2v) is 11.6. The lowest BCUT2D eigenvalue weighted by Crippen LogP contribution is -2.48. The van der Waals surface area contributed by atoms with E-state index in [0.29, 0.717) is 30.0 Å². The van der Waals surface area contributed by atoms with E-state index in [9.17, 15) is 9.59 Å². The van der Waals surface area contributed by atoms with E-state index in [1.54, 1.807) is 6.92 Å². The number of fused-ring (bicyclic) bond motifs is 2. The Bertz CT molecular complexity index is 1260. The number of amides is 1. The molecule has 0 fully saturated rings. The van der Waals surface area contributed by atoms with Gasteiger partial charge in [-0.25, -0.2) is 10.4 Å². The van der Waals surface area contributed by atoms with Crippen LogP contribution in [0.15, 0.2) is 36.6 Å². The number of rotatable bonds is 9. The highest BCUT2D eigenvalue weighted by molar-refractivity contribution is 7.17. The van der Waals surface area contributed by atoms with Gasteiger partial charge in [0.2, 0.25) is 0 Å². The van der Waals surface area contributed by atoms with E-state index < -0.39 is 0 Å². The van der Waals surface area contributed by atoms with Gasteiger partial charge in [0.05, 0.1) is 17.9 Å². The number of Topliss-reactive ketones (excluding diaryl/α,β-unsaturated/α-hetero) is 1. The average Bonchev–Trinajstić information content (AvgIpc) is 3.49. The third kappa shape index (κ3) is 5.57. The molecule has 0 saturated heterocycles. The van der Waals surface area contributed by atoms with Crippen molar-refractivity contribution in [3.8, 4) is 5.75 Å². The number of allylic oxidation sites excluding steroid dienone is 1. The number of hydrogen-bond acceptors (Lipinski definition) is 8. The first kappa shape index (κ1) is 25.5. The van der Waals surface area contributed by atoms with Crippen molar-refractivity contribution in [2.75, 3.05) is 31.1 Å². The second kappa shape index (κ2) is 10.3. The molecule has 4 heterocycles. The third-order valence-corrected chi connectivity index (χ3v) is 8.06. The van der Waals surface area contributed by atoms with Crippen molar-refractivity contribution in [1.29, 1.82) is 0 Å². The maximum Gasteiger partial charge on any atom is 0.263 e. The topological polar surface area (TPSA) is 86.8 Å². The minimum Gasteiger partial charge on any atom is -0.490 e. The van der Waals surface area contributed by atoms with E-state index in [1.165, 1.54) is 16.9 Å². The molecule has 0 aliphatic carbocycles. The van der Waals surface area contributed by atoms with Crippen LogP contribution in [0.2, 0.25) is 0 Å². The normalized spacial score (nSPS) is 18.0. The van der Waals surface area contributed by atoms with Gasteiger partial charge in [0, 0.05) is 37.7 Å². The maximum atomic E-state index is 12.6. The summed E-state index contributed by atoms with van der Waals surface area (Å²) in [6.45, 7) is 12.5. The zero-order chi connectivity index (χ0) is 26.2. The molecular formula is C28H35N5O3S. The Kier molecular flexibility index (Phi) is 7.09. The fourth-order valence-corrected chi connectivity index (χ4v) is 5.96. The lowest BCUT2D eigenvalue weighted by molar-refractivity contribution is -0.115. The largest absolute Gasteiger partial charge is 0.490 e. The van der Waals surface area contributed by atoms with Crippen molar-refractivity contribution >= 4 is 39.4 Å². The average molecular weight is 522 g/mol. The molecule has 196 valence electrons. The van der Waals surface area contributed by atoms with E-state index in [1.807, 2.05) is 19.9 Å². The zero-order valence-electron chi connectivity index (χ0n) is 21.9. The highest BCUT2D eigenvalue weighted by atomic mass is 32.1. The summed E-state index contributed by atoms with van der Waals surface area (Å²) in [6, 6.07) is 6.30. The molecule has 3 aliphatic rings. The first-order valence-corrected chi connectivity index (χ1v) is 13.8. The van der Waals surface area contributed by atoms with Crippen LogP contribution in [-0.4, -0.2) is 53.5 Å². The molecule has 1 aromatic heterocycles. The molecule has 0 unspecified atom stereocenters. The van der Waals surface area contributed by atoms with E-state index >= 15 is 0 Å². The molecule has 2 aromatic rings. The van der Waals surface area contributed by atoms with Crippen LogP contribution in [0.25, 0.3) is 5.57 Å². The first-order valence-electron chi connectivity index (χ1n) is 13.0. The van der Waals surface area contributed by atoms with E-state index in [2.05, 4.69) is 45.6 Å². The van der Waals surface area contributed by atoms with Crippen LogP contribution in [0.1, 0.15) is 67.4 Å². The standard InChI is InChI=1S/C28H35N5O3S/c1-18(2)23(34)8-6-5-7-11-32-17-20(16-29-32)19-9-10-24-22(14-19)33(12-13-36-24)27-30-21-15-28(3,4)31-26(35)25(21)37-27/h9-10,14,17,29H,1,5-8,11-13,15-16H2,2-4H3,(H,31,35). The molecule has 0 saturated carbocycles. The van der Waals surface area contributed by atoms with E-state index in [4.69, 9.17) is 9.72 Å².